The van der Waals surface area contributed by atoms with E-state index < -0.39 is 0 Å². The van der Waals surface area contributed by atoms with Crippen molar-refractivity contribution in [3.05, 3.63) is 21.9 Å². The van der Waals surface area contributed by atoms with Crippen LogP contribution in [0.5, 0.6) is 0 Å². The molecule has 0 saturated carbocycles. The number of amides is 1. The van der Waals surface area contributed by atoms with Gasteiger partial charge in [-0.05, 0) is 17.5 Å². The summed E-state index contributed by atoms with van der Waals surface area (Å²) < 4.78 is 0. The van der Waals surface area contributed by atoms with Gasteiger partial charge in [0, 0.05) is 43.4 Å². The van der Waals surface area contributed by atoms with Crippen LogP contribution in [-0.4, -0.2) is 31.4 Å². The minimum Gasteiger partial charge on any atom is -0.349 e. The summed E-state index contributed by atoms with van der Waals surface area (Å²) in [4.78, 5) is 15.7. The van der Waals surface area contributed by atoms with Crippen LogP contribution in [0.25, 0.3) is 0 Å². The Bertz CT molecular complexity index is 391. The quantitative estimate of drug-likeness (QED) is 0.833. The zero-order valence-electron chi connectivity index (χ0n) is 12.0. The normalized spacial score (nSPS) is 11.6. The molecule has 1 amide bonds. The van der Waals surface area contributed by atoms with Crippen molar-refractivity contribution < 1.29 is 4.79 Å². The molecule has 0 atom stereocenters. The summed E-state index contributed by atoms with van der Waals surface area (Å²) in [6.07, 6.45) is 0.560. The molecule has 0 spiro atoms. The first-order valence-electron chi connectivity index (χ1n) is 6.31. The summed E-state index contributed by atoms with van der Waals surface area (Å²) in [5.41, 5.74) is 0.226. The van der Waals surface area contributed by atoms with Crippen LogP contribution in [-0.2, 0) is 16.8 Å². The van der Waals surface area contributed by atoms with Crippen molar-refractivity contribution in [2.75, 3.05) is 20.6 Å². The molecule has 0 aromatic carbocycles. The molecule has 1 aromatic heterocycles. The van der Waals surface area contributed by atoms with Crippen LogP contribution in [0.3, 0.4) is 0 Å². The molecule has 0 aliphatic rings. The van der Waals surface area contributed by atoms with Gasteiger partial charge in [-0.25, -0.2) is 0 Å². The van der Waals surface area contributed by atoms with Gasteiger partial charge < -0.3 is 10.2 Å². The Morgan fingerprint density at radius 2 is 2.00 bits per heavy atom. The average molecular weight is 268 g/mol. The fourth-order valence-electron chi connectivity index (χ4n) is 1.51. The summed E-state index contributed by atoms with van der Waals surface area (Å²) in [6, 6.07) is 4.37. The zero-order valence-corrected chi connectivity index (χ0v) is 12.9. The number of hydrogen-bond donors (Lipinski definition) is 1. The third-order valence-electron chi connectivity index (χ3n) is 2.71. The van der Waals surface area contributed by atoms with E-state index in [9.17, 15) is 4.79 Å². The van der Waals surface area contributed by atoms with E-state index in [2.05, 4.69) is 38.2 Å². The lowest BCUT2D eigenvalue weighted by Crippen LogP contribution is -2.26. The highest BCUT2D eigenvalue weighted by Gasteiger charge is 2.15. The topological polar surface area (TPSA) is 32.3 Å². The lowest BCUT2D eigenvalue weighted by molar-refractivity contribution is -0.128. The maximum Gasteiger partial charge on any atom is 0.223 e. The SMILES string of the molecule is CN(C)C(=O)CCNCc1ccc(C(C)(C)C)s1. The Morgan fingerprint density at radius 3 is 2.50 bits per heavy atom. The fraction of sp³-hybridized carbons (Fsp3) is 0.643. The summed E-state index contributed by atoms with van der Waals surface area (Å²) in [7, 11) is 3.58. The number of rotatable bonds is 5. The maximum atomic E-state index is 11.4. The Kier molecular flexibility index (Phi) is 5.35. The maximum absolute atomic E-state index is 11.4. The Labute approximate surface area is 114 Å². The zero-order chi connectivity index (χ0) is 13.8. The van der Waals surface area contributed by atoms with E-state index >= 15 is 0 Å². The van der Waals surface area contributed by atoms with E-state index in [1.807, 2.05) is 11.3 Å². The predicted molar refractivity (Wildman–Crippen MR) is 78.0 cm³/mol. The van der Waals surface area contributed by atoms with Crippen LogP contribution >= 0.6 is 11.3 Å². The number of thiophene rings is 1. The van der Waals surface area contributed by atoms with Crippen molar-refractivity contribution in [3.8, 4) is 0 Å². The Balaban J connectivity index is 2.32. The van der Waals surface area contributed by atoms with Crippen LogP contribution in [0.2, 0.25) is 0 Å². The highest BCUT2D eigenvalue weighted by Crippen LogP contribution is 2.29. The van der Waals surface area contributed by atoms with Crippen molar-refractivity contribution >= 4 is 17.2 Å². The molecular formula is C14H24N2OS. The van der Waals surface area contributed by atoms with Gasteiger partial charge in [-0.1, -0.05) is 20.8 Å². The summed E-state index contributed by atoms with van der Waals surface area (Å²) in [5.74, 6) is 0.170. The number of carbonyl (C=O) groups is 1. The van der Waals surface area contributed by atoms with Crippen molar-refractivity contribution in [2.24, 2.45) is 0 Å². The minimum atomic E-state index is 0.170. The molecule has 3 nitrogen and oxygen atoms in total. The first kappa shape index (κ1) is 15.2. The van der Waals surface area contributed by atoms with Gasteiger partial charge in [0.1, 0.15) is 0 Å². The van der Waals surface area contributed by atoms with Crippen LogP contribution in [0.15, 0.2) is 12.1 Å². The highest BCUT2D eigenvalue weighted by atomic mass is 32.1. The molecular weight excluding hydrogens is 244 g/mol. The van der Waals surface area contributed by atoms with E-state index in [1.54, 1.807) is 19.0 Å². The largest absolute Gasteiger partial charge is 0.349 e. The smallest absolute Gasteiger partial charge is 0.223 e. The molecule has 18 heavy (non-hydrogen) atoms. The molecule has 1 aromatic rings. The van der Waals surface area contributed by atoms with Crippen molar-refractivity contribution in [1.29, 1.82) is 0 Å². The number of hydrogen-bond acceptors (Lipinski definition) is 3. The molecule has 0 saturated heterocycles. The van der Waals surface area contributed by atoms with E-state index in [0.717, 1.165) is 13.1 Å². The summed E-state index contributed by atoms with van der Waals surface area (Å²) in [6.45, 7) is 8.27. The van der Waals surface area contributed by atoms with Gasteiger partial charge in [-0.15, -0.1) is 11.3 Å². The van der Waals surface area contributed by atoms with Crippen LogP contribution in [0, 0.1) is 0 Å². The number of carbonyl (C=O) groups excluding carboxylic acids is 1. The van der Waals surface area contributed by atoms with Crippen molar-refractivity contribution in [3.63, 3.8) is 0 Å². The van der Waals surface area contributed by atoms with E-state index in [1.165, 1.54) is 9.75 Å². The van der Waals surface area contributed by atoms with Crippen LogP contribution in [0.1, 0.15) is 36.9 Å². The summed E-state index contributed by atoms with van der Waals surface area (Å²) in [5, 5.41) is 3.32. The summed E-state index contributed by atoms with van der Waals surface area (Å²) >= 11 is 1.85. The molecule has 1 heterocycles. The van der Waals surface area contributed by atoms with E-state index in [-0.39, 0.29) is 11.3 Å². The first-order valence-corrected chi connectivity index (χ1v) is 7.12. The van der Waals surface area contributed by atoms with Crippen LogP contribution < -0.4 is 5.32 Å². The third-order valence-corrected chi connectivity index (χ3v) is 4.23. The van der Waals surface area contributed by atoms with Gasteiger partial charge in [0.2, 0.25) is 5.91 Å². The second-order valence-electron chi connectivity index (χ2n) is 5.73. The highest BCUT2D eigenvalue weighted by molar-refractivity contribution is 7.12. The molecule has 0 bridgehead atoms. The second kappa shape index (κ2) is 6.34. The molecule has 4 heteroatoms. The second-order valence-corrected chi connectivity index (χ2v) is 6.90. The minimum absolute atomic E-state index is 0.170. The average Bonchev–Trinajstić information content (AvgIpc) is 2.72. The standard InChI is InChI=1S/C14H24N2OS/c1-14(2,3)12-7-6-11(18-12)10-15-9-8-13(17)16(4)5/h6-7,15H,8-10H2,1-5H3. The third kappa shape index (κ3) is 4.78. The molecule has 102 valence electrons. The first-order chi connectivity index (χ1) is 8.30. The molecule has 0 aliphatic heterocycles. The Morgan fingerprint density at radius 1 is 1.33 bits per heavy atom. The number of nitrogens with one attached hydrogen (secondary N) is 1. The van der Waals surface area contributed by atoms with Gasteiger partial charge in [-0.3, -0.25) is 4.79 Å². The van der Waals surface area contributed by atoms with Gasteiger partial charge in [0.25, 0.3) is 0 Å². The van der Waals surface area contributed by atoms with Gasteiger partial charge >= 0.3 is 0 Å². The number of nitrogens with zero attached hydrogens (tertiary/aromatic N) is 1. The van der Waals surface area contributed by atoms with E-state index in [4.69, 9.17) is 0 Å². The molecule has 0 radical (unpaired) electrons. The molecule has 1 rings (SSSR count). The van der Waals surface area contributed by atoms with E-state index in [0.29, 0.717) is 6.42 Å². The monoisotopic (exact) mass is 268 g/mol. The van der Waals surface area contributed by atoms with Gasteiger partial charge in [-0.2, -0.15) is 0 Å². The lowest BCUT2D eigenvalue weighted by atomic mass is 9.95. The molecule has 0 aliphatic carbocycles. The van der Waals surface area contributed by atoms with Gasteiger partial charge in [0.05, 0.1) is 0 Å². The molecule has 1 N–H and O–H groups in total. The van der Waals surface area contributed by atoms with Crippen LogP contribution in [0.4, 0.5) is 0 Å². The predicted octanol–water partition coefficient (Wildman–Crippen LogP) is 2.61. The fourth-order valence-corrected chi connectivity index (χ4v) is 2.54. The Hall–Kier alpha value is -0.870. The molecule has 0 fully saturated rings. The lowest BCUT2D eigenvalue weighted by Gasteiger charge is -2.15. The van der Waals surface area contributed by atoms with Crippen molar-refractivity contribution in [2.45, 2.75) is 39.2 Å². The van der Waals surface area contributed by atoms with Crippen molar-refractivity contribution in [1.82, 2.24) is 10.2 Å². The van der Waals surface area contributed by atoms with Gasteiger partial charge in [0.15, 0.2) is 0 Å². The molecule has 0 unspecified atom stereocenters.